The van der Waals surface area contributed by atoms with E-state index < -0.39 is 17.7 Å². The number of hydrogen-bond acceptors (Lipinski definition) is 6. The highest BCUT2D eigenvalue weighted by atomic mass is 19.1. The molecule has 6 nitrogen and oxygen atoms in total. The second-order valence-corrected chi connectivity index (χ2v) is 9.21. The van der Waals surface area contributed by atoms with Gasteiger partial charge in [-0.15, -0.1) is 0 Å². The van der Waals surface area contributed by atoms with Crippen LogP contribution < -0.4 is 19.9 Å². The normalized spacial score (nSPS) is 15.0. The molecule has 178 valence electrons. The van der Waals surface area contributed by atoms with Crippen LogP contribution in [0, 0.1) is 17.1 Å². The molecule has 1 aliphatic heterocycles. The van der Waals surface area contributed by atoms with E-state index in [0.29, 0.717) is 17.1 Å². The van der Waals surface area contributed by atoms with E-state index in [1.54, 1.807) is 18.2 Å². The van der Waals surface area contributed by atoms with E-state index in [2.05, 4.69) is 26.8 Å². The largest absolute Gasteiger partial charge is 0.482 e. The smallest absolute Gasteiger partial charge is 0.349 e. The average molecular weight is 473 g/mol. The first-order valence-corrected chi connectivity index (χ1v) is 11.1. The Balaban J connectivity index is 1.55. The Hall–Kier alpha value is -4.31. The average Bonchev–Trinajstić information content (AvgIpc) is 2.82. The number of benzene rings is 3. The quantitative estimate of drug-likeness (QED) is 0.399. The number of esters is 1. The van der Waals surface area contributed by atoms with E-state index >= 15 is 0 Å². The highest BCUT2D eigenvalue weighted by Crippen LogP contribution is 2.43. The molecule has 0 spiro atoms. The SMILES string of the molecule is CC(C)(C)c1ccc(C2C(C#N)=C(N)Oc3cc(OC(=O)COc4ccc(F)cc4)ccc32)cc1. The Morgan fingerprint density at radius 3 is 2.34 bits per heavy atom. The summed E-state index contributed by atoms with van der Waals surface area (Å²) < 4.78 is 29.4. The number of allylic oxidation sites excluding steroid dienone is 1. The van der Waals surface area contributed by atoms with E-state index in [1.807, 2.05) is 24.3 Å². The number of nitrogens with zero attached hydrogens (tertiary/aromatic N) is 1. The fraction of sp³-hybridized carbons (Fsp3) is 0.214. The van der Waals surface area contributed by atoms with Gasteiger partial charge in [0.25, 0.3) is 0 Å². The van der Waals surface area contributed by atoms with Crippen molar-refractivity contribution < 1.29 is 23.4 Å². The number of fused-ring (bicyclic) bond motifs is 1. The standard InChI is InChI=1S/C28H25FN2O4/c1-28(2,3)18-6-4-17(5-7-18)26-22-13-12-21(14-24(22)35-27(31)23(26)15-30)34-25(32)16-33-20-10-8-19(29)9-11-20/h4-14,26H,16,31H2,1-3H3. The fourth-order valence-electron chi connectivity index (χ4n) is 3.85. The molecule has 1 aliphatic rings. The fourth-order valence-corrected chi connectivity index (χ4v) is 3.85. The third-order valence-electron chi connectivity index (χ3n) is 5.70. The van der Waals surface area contributed by atoms with Gasteiger partial charge in [-0.05, 0) is 46.9 Å². The maximum absolute atomic E-state index is 13.0. The van der Waals surface area contributed by atoms with Crippen molar-refractivity contribution in [3.8, 4) is 23.3 Å². The molecular weight excluding hydrogens is 447 g/mol. The number of nitriles is 1. The molecule has 4 rings (SSSR count). The summed E-state index contributed by atoms with van der Waals surface area (Å²) in [5.41, 5.74) is 9.22. The maximum Gasteiger partial charge on any atom is 0.349 e. The number of carbonyl (C=O) groups excluding carboxylic acids is 1. The lowest BCUT2D eigenvalue weighted by Crippen LogP contribution is -2.22. The Morgan fingerprint density at radius 2 is 1.71 bits per heavy atom. The molecule has 1 heterocycles. The third kappa shape index (κ3) is 5.28. The van der Waals surface area contributed by atoms with Crippen molar-refractivity contribution in [1.82, 2.24) is 0 Å². The van der Waals surface area contributed by atoms with Gasteiger partial charge in [0.15, 0.2) is 6.61 Å². The summed E-state index contributed by atoms with van der Waals surface area (Å²) in [6, 6.07) is 20.5. The first-order chi connectivity index (χ1) is 16.7. The molecule has 35 heavy (non-hydrogen) atoms. The minimum atomic E-state index is -0.638. The maximum atomic E-state index is 13.0. The van der Waals surface area contributed by atoms with Crippen molar-refractivity contribution in [2.45, 2.75) is 32.1 Å². The molecule has 7 heteroatoms. The van der Waals surface area contributed by atoms with Crippen LogP contribution in [0.5, 0.6) is 17.2 Å². The Bertz CT molecular complexity index is 1320. The molecule has 0 radical (unpaired) electrons. The monoisotopic (exact) mass is 472 g/mol. The summed E-state index contributed by atoms with van der Waals surface area (Å²) in [6.45, 7) is 6.06. The summed E-state index contributed by atoms with van der Waals surface area (Å²) in [4.78, 5) is 12.2. The summed E-state index contributed by atoms with van der Waals surface area (Å²) in [5.74, 6) is -0.453. The van der Waals surface area contributed by atoms with E-state index in [-0.39, 0.29) is 23.7 Å². The highest BCUT2D eigenvalue weighted by Gasteiger charge is 2.31. The number of rotatable bonds is 5. The van der Waals surface area contributed by atoms with E-state index in [4.69, 9.17) is 19.9 Å². The van der Waals surface area contributed by atoms with Gasteiger partial charge in [-0.3, -0.25) is 0 Å². The van der Waals surface area contributed by atoms with Crippen LogP contribution in [-0.2, 0) is 10.2 Å². The number of carbonyl (C=O) groups is 1. The Kier molecular flexibility index (Phi) is 6.48. The zero-order chi connectivity index (χ0) is 25.2. The molecule has 3 aromatic rings. The molecule has 0 saturated heterocycles. The number of ether oxygens (including phenoxy) is 3. The lowest BCUT2D eigenvalue weighted by molar-refractivity contribution is -0.136. The Morgan fingerprint density at radius 1 is 1.06 bits per heavy atom. The van der Waals surface area contributed by atoms with Gasteiger partial charge in [-0.25, -0.2) is 9.18 Å². The molecule has 1 atom stereocenters. The topological polar surface area (TPSA) is 94.6 Å². The van der Waals surface area contributed by atoms with Crippen LogP contribution in [0.2, 0.25) is 0 Å². The minimum absolute atomic E-state index is 0.00175. The zero-order valence-electron chi connectivity index (χ0n) is 19.7. The van der Waals surface area contributed by atoms with Crippen LogP contribution in [-0.4, -0.2) is 12.6 Å². The number of hydrogen-bond donors (Lipinski definition) is 1. The third-order valence-corrected chi connectivity index (χ3v) is 5.70. The molecule has 3 aromatic carbocycles. The first kappa shape index (κ1) is 23.8. The van der Waals surface area contributed by atoms with Crippen LogP contribution in [0.1, 0.15) is 43.4 Å². The van der Waals surface area contributed by atoms with Crippen LogP contribution in [0.3, 0.4) is 0 Å². The molecule has 0 aliphatic carbocycles. The van der Waals surface area contributed by atoms with Gasteiger partial charge in [0, 0.05) is 11.6 Å². The van der Waals surface area contributed by atoms with Crippen LogP contribution in [0.4, 0.5) is 4.39 Å². The van der Waals surface area contributed by atoms with Gasteiger partial charge in [0.1, 0.15) is 34.7 Å². The lowest BCUT2D eigenvalue weighted by atomic mass is 9.81. The summed E-state index contributed by atoms with van der Waals surface area (Å²) in [5, 5.41) is 9.77. The van der Waals surface area contributed by atoms with Crippen molar-refractivity contribution in [2.24, 2.45) is 5.73 Å². The van der Waals surface area contributed by atoms with Crippen LogP contribution >= 0.6 is 0 Å². The van der Waals surface area contributed by atoms with E-state index in [1.165, 1.54) is 29.8 Å². The van der Waals surface area contributed by atoms with Crippen molar-refractivity contribution >= 4 is 5.97 Å². The van der Waals surface area contributed by atoms with Gasteiger partial charge in [0.05, 0.1) is 5.92 Å². The predicted molar refractivity (Wildman–Crippen MR) is 128 cm³/mol. The molecule has 0 amide bonds. The summed E-state index contributed by atoms with van der Waals surface area (Å²) >= 11 is 0. The molecule has 0 aromatic heterocycles. The van der Waals surface area contributed by atoms with Crippen molar-refractivity contribution in [1.29, 1.82) is 5.26 Å². The lowest BCUT2D eigenvalue weighted by Gasteiger charge is -2.27. The van der Waals surface area contributed by atoms with E-state index in [9.17, 15) is 14.4 Å². The highest BCUT2D eigenvalue weighted by molar-refractivity contribution is 5.74. The number of halogens is 1. The minimum Gasteiger partial charge on any atom is -0.482 e. The molecule has 1 unspecified atom stereocenters. The molecule has 2 N–H and O–H groups in total. The molecular formula is C28H25FN2O4. The number of nitrogens with two attached hydrogens (primary N) is 1. The molecule has 0 saturated carbocycles. The van der Waals surface area contributed by atoms with Crippen molar-refractivity contribution in [3.63, 3.8) is 0 Å². The van der Waals surface area contributed by atoms with Gasteiger partial charge in [-0.2, -0.15) is 5.26 Å². The van der Waals surface area contributed by atoms with Gasteiger partial charge in [0.2, 0.25) is 5.88 Å². The second kappa shape index (κ2) is 9.51. The zero-order valence-corrected chi connectivity index (χ0v) is 19.7. The van der Waals surface area contributed by atoms with E-state index in [0.717, 1.165) is 11.1 Å². The summed E-state index contributed by atoms with van der Waals surface area (Å²) in [6.07, 6.45) is 0. The molecule has 0 bridgehead atoms. The van der Waals surface area contributed by atoms with Gasteiger partial charge in [-0.1, -0.05) is 51.1 Å². The van der Waals surface area contributed by atoms with Crippen LogP contribution in [0.15, 0.2) is 78.2 Å². The van der Waals surface area contributed by atoms with Gasteiger partial charge >= 0.3 is 5.97 Å². The van der Waals surface area contributed by atoms with Crippen molar-refractivity contribution in [2.75, 3.05) is 6.61 Å². The van der Waals surface area contributed by atoms with Gasteiger partial charge < -0.3 is 19.9 Å². The predicted octanol–water partition coefficient (Wildman–Crippen LogP) is 5.33. The Labute approximate surface area is 203 Å². The summed E-state index contributed by atoms with van der Waals surface area (Å²) in [7, 11) is 0. The van der Waals surface area contributed by atoms with Crippen molar-refractivity contribution in [3.05, 3.63) is 101 Å². The second-order valence-electron chi connectivity index (χ2n) is 9.21. The van der Waals surface area contributed by atoms with Crippen LogP contribution in [0.25, 0.3) is 0 Å². The first-order valence-electron chi connectivity index (χ1n) is 11.1. The molecule has 0 fully saturated rings.